The number of ether oxygens (including phenoxy) is 1. The first-order valence-electron chi connectivity index (χ1n) is 10.8. The second kappa shape index (κ2) is 11.8. The number of aromatic nitrogens is 2. The first-order valence-corrected chi connectivity index (χ1v) is 12.3. The fourth-order valence-corrected chi connectivity index (χ4v) is 3.68. The standard InChI is InChI=1S/C23H28N4O6S/c1-17-15-19(3-4-20(17)26-22(24)7-12-32-13-11-28)21-16-25-23(33-21)18-5-9-27(10-6-18)8-2-14-34(29,30)31/h3-6,9-10,15-16,24,28H,2,7-8,11-14H2,1H3,(H,29,30,31). The molecule has 0 unspecified atom stereocenters. The monoisotopic (exact) mass is 488 g/mol. The molecule has 2 heterocycles. The molecule has 0 radical (unpaired) electrons. The van der Waals surface area contributed by atoms with E-state index in [-0.39, 0.29) is 25.4 Å². The fourth-order valence-electron chi connectivity index (χ4n) is 3.20. The number of oxazole rings is 1. The molecule has 3 N–H and O–H groups in total. The van der Waals surface area contributed by atoms with E-state index in [1.54, 1.807) is 23.2 Å². The third-order valence-electron chi connectivity index (χ3n) is 4.94. The number of rotatable bonds is 12. The lowest BCUT2D eigenvalue weighted by Crippen LogP contribution is -2.33. The number of aliphatic hydroxyl groups excluding tert-OH is 1. The van der Waals surface area contributed by atoms with E-state index in [1.807, 2.05) is 37.3 Å². The van der Waals surface area contributed by atoms with Crippen LogP contribution in [0.1, 0.15) is 18.4 Å². The Morgan fingerprint density at radius 1 is 1.24 bits per heavy atom. The van der Waals surface area contributed by atoms with Crippen LogP contribution in [0.25, 0.3) is 22.8 Å². The number of benzene rings is 1. The molecule has 0 fully saturated rings. The molecule has 0 aliphatic carbocycles. The zero-order chi connectivity index (χ0) is 24.6. The molecule has 0 spiro atoms. The summed E-state index contributed by atoms with van der Waals surface area (Å²) in [6.45, 7) is 3.01. The van der Waals surface area contributed by atoms with Crippen molar-refractivity contribution in [3.05, 3.63) is 54.5 Å². The van der Waals surface area contributed by atoms with Crippen molar-refractivity contribution >= 4 is 21.6 Å². The lowest BCUT2D eigenvalue weighted by Gasteiger charge is -2.06. The molecule has 1 aromatic carbocycles. The van der Waals surface area contributed by atoms with Gasteiger partial charge in [0.05, 0.1) is 41.8 Å². The fraction of sp³-hybridized carbons (Fsp3) is 0.348. The van der Waals surface area contributed by atoms with Gasteiger partial charge < -0.3 is 24.5 Å². The molecule has 0 saturated heterocycles. The van der Waals surface area contributed by atoms with Gasteiger partial charge in [-0.05, 0) is 30.7 Å². The Morgan fingerprint density at radius 2 is 2.00 bits per heavy atom. The van der Waals surface area contributed by atoms with E-state index < -0.39 is 10.1 Å². The molecule has 2 aromatic heterocycles. The van der Waals surface area contributed by atoms with Crippen molar-refractivity contribution in [2.45, 2.75) is 26.3 Å². The number of aliphatic imine (C=N–C) groups is 1. The number of aryl methyl sites for hydroxylation is 2. The van der Waals surface area contributed by atoms with E-state index in [4.69, 9.17) is 20.0 Å². The summed E-state index contributed by atoms with van der Waals surface area (Å²) in [7, 11) is -4.20. The highest BCUT2D eigenvalue weighted by atomic mass is 32.2. The van der Waals surface area contributed by atoms with Gasteiger partial charge >= 0.3 is 0 Å². The molecular weight excluding hydrogens is 460 g/mol. The first-order chi connectivity index (χ1) is 16.2. The summed E-state index contributed by atoms with van der Waals surface area (Å²) >= 11 is 0. The second-order valence-electron chi connectivity index (χ2n) is 7.66. The van der Waals surface area contributed by atoms with Crippen molar-refractivity contribution in [3.8, 4) is 22.8 Å². The summed E-state index contributed by atoms with van der Waals surface area (Å²) in [5.41, 5.74) is 9.27. The topological polar surface area (TPSA) is 155 Å². The zero-order valence-electron chi connectivity index (χ0n) is 18.9. The number of hydrogen-bond donors (Lipinski definition) is 2. The molecule has 0 aliphatic heterocycles. The van der Waals surface area contributed by atoms with Crippen molar-refractivity contribution in [1.82, 2.24) is 4.98 Å². The molecule has 182 valence electrons. The van der Waals surface area contributed by atoms with Gasteiger partial charge in [-0.15, -0.1) is 0 Å². The Kier molecular flexibility index (Phi) is 8.88. The van der Waals surface area contributed by atoms with Crippen LogP contribution < -0.4 is 10.3 Å². The van der Waals surface area contributed by atoms with E-state index in [0.717, 1.165) is 22.4 Å². The number of pyridine rings is 1. The van der Waals surface area contributed by atoms with Crippen LogP contribution >= 0.6 is 0 Å². The number of hydrogen-bond acceptors (Lipinski definition) is 8. The van der Waals surface area contributed by atoms with E-state index >= 15 is 0 Å². The summed E-state index contributed by atoms with van der Waals surface area (Å²) in [5, 5.41) is 8.73. The lowest BCUT2D eigenvalue weighted by atomic mass is 10.1. The third kappa shape index (κ3) is 7.73. The van der Waals surface area contributed by atoms with Crippen molar-refractivity contribution in [3.63, 3.8) is 0 Å². The Bertz CT molecular complexity index is 1220. The van der Waals surface area contributed by atoms with Gasteiger partial charge in [0.1, 0.15) is 12.4 Å². The Balaban J connectivity index is 1.65. The van der Waals surface area contributed by atoms with Crippen LogP contribution in [-0.4, -0.2) is 54.5 Å². The molecule has 0 bridgehead atoms. The lowest BCUT2D eigenvalue weighted by molar-refractivity contribution is -0.696. The molecule has 3 rings (SSSR count). The van der Waals surface area contributed by atoms with Gasteiger partial charge in [0.2, 0.25) is 5.89 Å². The summed E-state index contributed by atoms with van der Waals surface area (Å²) < 4.78 is 45.1. The maximum Gasteiger partial charge on any atom is 0.227 e. The minimum Gasteiger partial charge on any atom is -0.748 e. The average Bonchev–Trinajstić information content (AvgIpc) is 3.28. The molecular formula is C23H28N4O6S. The van der Waals surface area contributed by atoms with Crippen molar-refractivity contribution in [2.75, 3.05) is 25.6 Å². The number of nitrogens with zero attached hydrogens (tertiary/aromatic N) is 3. The minimum atomic E-state index is -4.20. The first kappa shape index (κ1) is 25.5. The molecule has 10 nitrogen and oxygen atoms in total. The highest BCUT2D eigenvalue weighted by Crippen LogP contribution is 2.29. The van der Waals surface area contributed by atoms with Crippen LogP contribution in [-0.2, 0) is 21.4 Å². The van der Waals surface area contributed by atoms with Gasteiger partial charge in [-0.2, -0.15) is 0 Å². The number of nitrogens with two attached hydrogens (primary N) is 1. The average molecular weight is 489 g/mol. The van der Waals surface area contributed by atoms with E-state index in [1.165, 1.54) is 0 Å². The zero-order valence-corrected chi connectivity index (χ0v) is 19.7. The maximum absolute atomic E-state index is 10.7. The number of amidine groups is 1. The van der Waals surface area contributed by atoms with Crippen molar-refractivity contribution in [1.29, 1.82) is 0 Å². The minimum absolute atomic E-state index is 0.0248. The molecule has 0 aliphatic rings. The maximum atomic E-state index is 10.7. The van der Waals surface area contributed by atoms with Gasteiger partial charge in [-0.25, -0.2) is 23.0 Å². The molecule has 0 amide bonds. The summed E-state index contributed by atoms with van der Waals surface area (Å²) in [5.74, 6) is 1.12. The van der Waals surface area contributed by atoms with Crippen molar-refractivity contribution < 1.29 is 31.8 Å². The normalized spacial score (nSPS) is 12.3. The predicted molar refractivity (Wildman–Crippen MR) is 125 cm³/mol. The van der Waals surface area contributed by atoms with Crippen LogP contribution in [0, 0.1) is 6.92 Å². The molecule has 34 heavy (non-hydrogen) atoms. The summed E-state index contributed by atoms with van der Waals surface area (Å²) in [4.78, 5) is 8.80. The third-order valence-corrected chi connectivity index (χ3v) is 5.73. The van der Waals surface area contributed by atoms with Gasteiger partial charge in [-0.3, -0.25) is 0 Å². The SMILES string of the molecule is Cc1cc(-c2cnc(-c3cc[n+](CCCS(=O)(=O)[O-])cc3)o2)ccc1N=C(N)CCOCCO. The van der Waals surface area contributed by atoms with E-state index in [0.29, 0.717) is 37.1 Å². The highest BCUT2D eigenvalue weighted by Gasteiger charge is 2.12. The molecule has 0 saturated carbocycles. The smallest absolute Gasteiger partial charge is 0.227 e. The second-order valence-corrected chi connectivity index (χ2v) is 9.18. The summed E-state index contributed by atoms with van der Waals surface area (Å²) in [6.07, 6.45) is 5.95. The van der Waals surface area contributed by atoms with Gasteiger partial charge in [0.15, 0.2) is 18.2 Å². The van der Waals surface area contributed by atoms with E-state index in [9.17, 15) is 13.0 Å². The quantitative estimate of drug-likeness (QED) is 0.129. The molecule has 3 aromatic rings. The van der Waals surface area contributed by atoms with E-state index in [2.05, 4.69) is 9.98 Å². The van der Waals surface area contributed by atoms with Gasteiger partial charge in [-0.1, -0.05) is 0 Å². The highest BCUT2D eigenvalue weighted by molar-refractivity contribution is 7.85. The van der Waals surface area contributed by atoms with Crippen LogP contribution in [0.5, 0.6) is 0 Å². The van der Waals surface area contributed by atoms with Crippen molar-refractivity contribution in [2.24, 2.45) is 10.7 Å². The largest absolute Gasteiger partial charge is 0.748 e. The van der Waals surface area contributed by atoms with Crippen LogP contribution in [0.4, 0.5) is 5.69 Å². The molecule has 11 heteroatoms. The number of aliphatic hydroxyl groups is 1. The Morgan fingerprint density at radius 3 is 2.68 bits per heavy atom. The van der Waals surface area contributed by atoms with Crippen LogP contribution in [0.2, 0.25) is 0 Å². The predicted octanol–water partition coefficient (Wildman–Crippen LogP) is 1.93. The summed E-state index contributed by atoms with van der Waals surface area (Å²) in [6, 6.07) is 9.33. The van der Waals surface area contributed by atoms with Crippen LogP contribution in [0.3, 0.4) is 0 Å². The Labute approximate surface area is 198 Å². The van der Waals surface area contributed by atoms with Gasteiger partial charge in [0.25, 0.3) is 0 Å². The van der Waals surface area contributed by atoms with Gasteiger partial charge in [0, 0.05) is 41.9 Å². The Hall–Kier alpha value is -3.12. The molecule has 0 atom stereocenters. The van der Waals surface area contributed by atoms with Crippen LogP contribution in [0.15, 0.2) is 58.3 Å².